The van der Waals surface area contributed by atoms with E-state index in [0.717, 1.165) is 12.1 Å². The first-order chi connectivity index (χ1) is 10.1. The molecule has 0 saturated heterocycles. The Hall–Kier alpha value is -2.12. The van der Waals surface area contributed by atoms with Gasteiger partial charge in [0.05, 0.1) is 11.4 Å². The maximum Gasteiger partial charge on any atom is 0.165 e. The highest BCUT2D eigenvalue weighted by atomic mass is 35.5. The molecule has 108 valence electrons. The van der Waals surface area contributed by atoms with Gasteiger partial charge in [-0.3, -0.25) is 0 Å². The van der Waals surface area contributed by atoms with Gasteiger partial charge in [0.25, 0.3) is 0 Å². The number of ether oxygens (including phenoxy) is 1. The average molecular weight is 311 g/mol. The minimum Gasteiger partial charge on any atom is -0.486 e. The van der Waals surface area contributed by atoms with Crippen LogP contribution in [0.5, 0.6) is 5.75 Å². The van der Waals surface area contributed by atoms with E-state index in [-0.39, 0.29) is 17.2 Å². The molecular weight excluding hydrogens is 301 g/mol. The highest BCUT2D eigenvalue weighted by Gasteiger charge is 2.11. The highest BCUT2D eigenvalue weighted by Crippen LogP contribution is 2.21. The molecule has 2 aromatic rings. The van der Waals surface area contributed by atoms with Gasteiger partial charge < -0.3 is 4.74 Å². The maximum atomic E-state index is 13.6. The first-order valence-electron chi connectivity index (χ1n) is 6.02. The molecule has 0 N–H and O–H groups in total. The Morgan fingerprint density at radius 1 is 1.00 bits per heavy atom. The predicted octanol–water partition coefficient (Wildman–Crippen LogP) is 4.27. The van der Waals surface area contributed by atoms with Crippen molar-refractivity contribution in [2.45, 2.75) is 6.61 Å². The lowest BCUT2D eigenvalue weighted by molar-refractivity contribution is 0.278. The van der Waals surface area contributed by atoms with Gasteiger partial charge in [-0.25, -0.2) is 13.2 Å². The fraction of sp³-hybridized carbons (Fsp3) is 0.125. The molecule has 0 aliphatic rings. The van der Waals surface area contributed by atoms with Gasteiger partial charge >= 0.3 is 0 Å². The van der Waals surface area contributed by atoms with E-state index in [2.05, 4.69) is 11.8 Å². The first kappa shape index (κ1) is 15.3. The smallest absolute Gasteiger partial charge is 0.165 e. The second-order valence-electron chi connectivity index (χ2n) is 4.07. The van der Waals surface area contributed by atoms with Gasteiger partial charge in [-0.05, 0) is 30.3 Å². The Kier molecular flexibility index (Phi) is 5.13. The first-order valence-corrected chi connectivity index (χ1v) is 6.55. The minimum atomic E-state index is -0.742. The van der Waals surface area contributed by atoms with Gasteiger partial charge in [0.1, 0.15) is 18.2 Å². The summed E-state index contributed by atoms with van der Waals surface area (Å²) in [7, 11) is 0. The van der Waals surface area contributed by atoms with Crippen LogP contribution in [0.4, 0.5) is 13.2 Å². The van der Waals surface area contributed by atoms with Crippen LogP contribution in [0.2, 0.25) is 0 Å². The molecule has 21 heavy (non-hydrogen) atoms. The molecule has 2 rings (SSSR count). The number of rotatable bonds is 3. The third-order valence-corrected chi connectivity index (χ3v) is 2.80. The Morgan fingerprint density at radius 3 is 2.38 bits per heavy atom. The van der Waals surface area contributed by atoms with Crippen LogP contribution < -0.4 is 4.74 Å². The molecule has 0 aromatic heterocycles. The quantitative estimate of drug-likeness (QED) is 0.607. The summed E-state index contributed by atoms with van der Waals surface area (Å²) in [6.45, 7) is -0.415. The lowest BCUT2D eigenvalue weighted by atomic mass is 10.2. The van der Waals surface area contributed by atoms with E-state index in [4.69, 9.17) is 16.3 Å². The Labute approximate surface area is 125 Å². The molecule has 0 unspecified atom stereocenters. The Balaban J connectivity index is 2.20. The van der Waals surface area contributed by atoms with Crippen LogP contribution in [0.15, 0.2) is 36.4 Å². The number of hydrogen-bond acceptors (Lipinski definition) is 1. The summed E-state index contributed by atoms with van der Waals surface area (Å²) in [5.74, 6) is 3.23. The van der Waals surface area contributed by atoms with Crippen LogP contribution >= 0.6 is 11.6 Å². The van der Waals surface area contributed by atoms with E-state index in [9.17, 15) is 13.2 Å². The molecule has 0 fully saturated rings. The summed E-state index contributed by atoms with van der Waals surface area (Å²) in [6, 6.07) is 7.46. The summed E-state index contributed by atoms with van der Waals surface area (Å²) in [4.78, 5) is 0. The third kappa shape index (κ3) is 3.93. The monoisotopic (exact) mass is 310 g/mol. The minimum absolute atomic E-state index is 0.126. The van der Waals surface area contributed by atoms with E-state index < -0.39 is 24.1 Å². The topological polar surface area (TPSA) is 9.23 Å². The van der Waals surface area contributed by atoms with Crippen molar-refractivity contribution in [1.29, 1.82) is 0 Å². The Bertz CT molecular complexity index is 684. The molecule has 0 aliphatic heterocycles. The van der Waals surface area contributed by atoms with Crippen molar-refractivity contribution in [2.24, 2.45) is 0 Å². The van der Waals surface area contributed by atoms with E-state index in [1.54, 1.807) is 0 Å². The zero-order valence-electron chi connectivity index (χ0n) is 10.8. The predicted molar refractivity (Wildman–Crippen MR) is 74.7 cm³/mol. The van der Waals surface area contributed by atoms with Crippen molar-refractivity contribution in [3.05, 3.63) is 65.0 Å². The standard InChI is InChI=1S/C16H10ClF3O/c17-8-2-3-11-6-7-15(20)16(9-11)21-10-12-13(18)4-1-5-14(12)19/h1,4-7,9H,8,10H2. The summed E-state index contributed by atoms with van der Waals surface area (Å²) in [5.41, 5.74) is 0.246. The van der Waals surface area contributed by atoms with Crippen molar-refractivity contribution in [1.82, 2.24) is 0 Å². The summed E-state index contributed by atoms with van der Waals surface area (Å²) in [5, 5.41) is 0. The van der Waals surface area contributed by atoms with Crippen molar-refractivity contribution in [3.8, 4) is 17.6 Å². The highest BCUT2D eigenvalue weighted by molar-refractivity contribution is 6.19. The summed E-state index contributed by atoms with van der Waals surface area (Å²) >= 11 is 5.44. The van der Waals surface area contributed by atoms with Crippen molar-refractivity contribution >= 4 is 11.6 Å². The molecule has 0 saturated carbocycles. The molecule has 0 aliphatic carbocycles. The summed E-state index contributed by atoms with van der Waals surface area (Å²) in [6.07, 6.45) is 0. The fourth-order valence-electron chi connectivity index (χ4n) is 1.65. The van der Waals surface area contributed by atoms with E-state index in [0.29, 0.717) is 5.56 Å². The number of benzene rings is 2. The van der Waals surface area contributed by atoms with E-state index in [1.807, 2.05) is 0 Å². The van der Waals surface area contributed by atoms with Gasteiger partial charge in [-0.2, -0.15) is 0 Å². The molecule has 0 radical (unpaired) electrons. The van der Waals surface area contributed by atoms with Crippen LogP contribution in [-0.2, 0) is 6.61 Å². The molecule has 0 atom stereocenters. The SMILES string of the molecule is Fc1ccc(C#CCCl)cc1OCc1c(F)cccc1F. The molecular formula is C16H10ClF3O. The third-order valence-electron chi connectivity index (χ3n) is 2.66. The summed E-state index contributed by atoms with van der Waals surface area (Å²) < 4.78 is 45.7. The lowest BCUT2D eigenvalue weighted by Gasteiger charge is -2.09. The molecule has 0 bridgehead atoms. The molecule has 2 aromatic carbocycles. The lowest BCUT2D eigenvalue weighted by Crippen LogP contribution is -2.03. The zero-order valence-corrected chi connectivity index (χ0v) is 11.6. The largest absolute Gasteiger partial charge is 0.486 e. The van der Waals surface area contributed by atoms with E-state index in [1.165, 1.54) is 24.3 Å². The Morgan fingerprint density at radius 2 is 1.71 bits per heavy atom. The average Bonchev–Trinajstić information content (AvgIpc) is 2.47. The number of alkyl halides is 1. The van der Waals surface area contributed by atoms with Gasteiger partial charge in [0.2, 0.25) is 0 Å². The molecule has 0 amide bonds. The van der Waals surface area contributed by atoms with Crippen LogP contribution in [0, 0.1) is 29.3 Å². The normalized spacial score (nSPS) is 9.90. The molecule has 0 heterocycles. The zero-order chi connectivity index (χ0) is 15.2. The van der Waals surface area contributed by atoms with Gasteiger partial charge in [0, 0.05) is 5.56 Å². The van der Waals surface area contributed by atoms with Crippen LogP contribution in [0.3, 0.4) is 0 Å². The van der Waals surface area contributed by atoms with Crippen molar-refractivity contribution in [2.75, 3.05) is 5.88 Å². The van der Waals surface area contributed by atoms with Crippen LogP contribution in [-0.4, -0.2) is 5.88 Å². The van der Waals surface area contributed by atoms with E-state index >= 15 is 0 Å². The molecule has 5 heteroatoms. The molecule has 1 nitrogen and oxygen atoms in total. The number of halogens is 4. The van der Waals surface area contributed by atoms with Gasteiger partial charge in [-0.1, -0.05) is 17.9 Å². The maximum absolute atomic E-state index is 13.6. The fourth-order valence-corrected chi connectivity index (χ4v) is 1.71. The second kappa shape index (κ2) is 7.05. The molecule has 0 spiro atoms. The van der Waals surface area contributed by atoms with Crippen LogP contribution in [0.1, 0.15) is 11.1 Å². The second-order valence-corrected chi connectivity index (χ2v) is 4.34. The number of hydrogen-bond donors (Lipinski definition) is 0. The van der Waals surface area contributed by atoms with Crippen molar-refractivity contribution < 1.29 is 17.9 Å². The van der Waals surface area contributed by atoms with Crippen molar-refractivity contribution in [3.63, 3.8) is 0 Å². The van der Waals surface area contributed by atoms with Gasteiger partial charge in [0.15, 0.2) is 11.6 Å². The van der Waals surface area contributed by atoms with Gasteiger partial charge in [-0.15, -0.1) is 11.6 Å². The van der Waals surface area contributed by atoms with Crippen LogP contribution in [0.25, 0.3) is 0 Å².